The van der Waals surface area contributed by atoms with Crippen LogP contribution in [0, 0.1) is 0 Å². The highest BCUT2D eigenvalue weighted by atomic mass is 16.3. The normalized spacial score (nSPS) is 12.9. The van der Waals surface area contributed by atoms with Gasteiger partial charge in [-0.3, -0.25) is 4.79 Å². The van der Waals surface area contributed by atoms with Crippen molar-refractivity contribution < 1.29 is 9.90 Å². The Morgan fingerprint density at radius 2 is 2.64 bits per heavy atom. The van der Waals surface area contributed by atoms with E-state index in [1.54, 1.807) is 17.7 Å². The monoisotopic (exact) mass is 154 g/mol. The predicted molar refractivity (Wildman–Crippen MR) is 39.3 cm³/mol. The van der Waals surface area contributed by atoms with E-state index in [4.69, 9.17) is 5.11 Å². The lowest BCUT2D eigenvalue weighted by atomic mass is 10.4. The predicted octanol–water partition coefficient (Wildman–Crippen LogP) is 0.0764. The third-order valence-electron chi connectivity index (χ3n) is 1.31. The Kier molecular flexibility index (Phi) is 2.38. The van der Waals surface area contributed by atoms with Gasteiger partial charge >= 0.3 is 0 Å². The first-order valence-corrected chi connectivity index (χ1v) is 3.38. The number of rotatable bonds is 3. The van der Waals surface area contributed by atoms with Gasteiger partial charge in [0, 0.05) is 18.9 Å². The molecule has 0 saturated heterocycles. The van der Waals surface area contributed by atoms with Crippen LogP contribution >= 0.6 is 0 Å². The van der Waals surface area contributed by atoms with Gasteiger partial charge in [-0.25, -0.2) is 4.98 Å². The molecule has 1 N–H and O–H groups in total. The highest BCUT2D eigenvalue weighted by molar-refractivity contribution is 5.69. The summed E-state index contributed by atoms with van der Waals surface area (Å²) in [4.78, 5) is 14.1. The standard InChI is InChI=1S/C7H10N2O2/c1-6(11)4-9-3-2-8-7(9)5-10/h2-3,5-6,11H,4H2,1H3. The quantitative estimate of drug-likeness (QED) is 0.627. The fourth-order valence-electron chi connectivity index (χ4n) is 0.878. The molecule has 0 amide bonds. The molecular formula is C7H10N2O2. The lowest BCUT2D eigenvalue weighted by molar-refractivity contribution is 0.110. The second-order valence-electron chi connectivity index (χ2n) is 2.40. The summed E-state index contributed by atoms with van der Waals surface area (Å²) in [7, 11) is 0. The van der Waals surface area contributed by atoms with E-state index < -0.39 is 6.10 Å². The van der Waals surface area contributed by atoms with E-state index in [2.05, 4.69) is 4.98 Å². The first-order chi connectivity index (χ1) is 5.24. The van der Waals surface area contributed by atoms with Gasteiger partial charge < -0.3 is 9.67 Å². The average molecular weight is 154 g/mol. The Bertz CT molecular complexity index is 242. The molecule has 0 aliphatic heterocycles. The molecule has 1 atom stereocenters. The molecule has 0 saturated carbocycles. The molecule has 1 unspecified atom stereocenters. The van der Waals surface area contributed by atoms with Gasteiger partial charge in [0.25, 0.3) is 0 Å². The number of nitrogens with zero attached hydrogens (tertiary/aromatic N) is 2. The fourth-order valence-corrected chi connectivity index (χ4v) is 0.878. The minimum Gasteiger partial charge on any atom is -0.392 e. The number of aldehydes is 1. The maximum Gasteiger partial charge on any atom is 0.185 e. The molecule has 11 heavy (non-hydrogen) atoms. The number of hydrogen-bond acceptors (Lipinski definition) is 3. The number of aliphatic hydroxyl groups is 1. The molecule has 1 rings (SSSR count). The minimum absolute atomic E-state index is 0.353. The minimum atomic E-state index is -0.456. The molecule has 0 bridgehead atoms. The summed E-state index contributed by atoms with van der Waals surface area (Å²) >= 11 is 0. The van der Waals surface area contributed by atoms with Crippen LogP contribution in [0.3, 0.4) is 0 Å². The molecular weight excluding hydrogens is 144 g/mol. The summed E-state index contributed by atoms with van der Waals surface area (Å²) in [6, 6.07) is 0. The van der Waals surface area contributed by atoms with Crippen LogP contribution in [0.25, 0.3) is 0 Å². The van der Waals surface area contributed by atoms with Crippen molar-refractivity contribution in [3.8, 4) is 0 Å². The number of aliphatic hydroxyl groups excluding tert-OH is 1. The molecule has 0 aliphatic carbocycles. The molecule has 1 aromatic heterocycles. The SMILES string of the molecule is CC(O)Cn1ccnc1C=O. The lowest BCUT2D eigenvalue weighted by Crippen LogP contribution is -2.13. The van der Waals surface area contributed by atoms with Crippen LogP contribution in [-0.4, -0.2) is 27.0 Å². The number of hydrogen-bond donors (Lipinski definition) is 1. The molecule has 0 spiro atoms. The smallest absolute Gasteiger partial charge is 0.185 e. The van der Waals surface area contributed by atoms with Gasteiger partial charge in [0.05, 0.1) is 6.10 Å². The van der Waals surface area contributed by atoms with Crippen LogP contribution in [0.15, 0.2) is 12.4 Å². The van der Waals surface area contributed by atoms with Crippen molar-refractivity contribution in [2.75, 3.05) is 0 Å². The van der Waals surface area contributed by atoms with Crippen LogP contribution in [0.5, 0.6) is 0 Å². The summed E-state index contributed by atoms with van der Waals surface area (Å²) in [6.45, 7) is 2.07. The molecule has 60 valence electrons. The highest BCUT2D eigenvalue weighted by Gasteiger charge is 2.02. The van der Waals surface area contributed by atoms with Crippen LogP contribution in [-0.2, 0) is 6.54 Å². The lowest BCUT2D eigenvalue weighted by Gasteiger charge is -2.05. The van der Waals surface area contributed by atoms with Crippen molar-refractivity contribution in [2.45, 2.75) is 19.6 Å². The number of imidazole rings is 1. The summed E-state index contributed by atoms with van der Waals surface area (Å²) in [5.41, 5.74) is 0. The number of carbonyl (C=O) groups is 1. The first-order valence-electron chi connectivity index (χ1n) is 3.38. The molecule has 0 radical (unpaired) electrons. The van der Waals surface area contributed by atoms with E-state index >= 15 is 0 Å². The maximum atomic E-state index is 10.3. The Morgan fingerprint density at radius 1 is 1.91 bits per heavy atom. The second kappa shape index (κ2) is 3.30. The fraction of sp³-hybridized carbons (Fsp3) is 0.429. The Labute approximate surface area is 64.5 Å². The number of carbonyl (C=O) groups excluding carboxylic acids is 1. The molecule has 0 fully saturated rings. The van der Waals surface area contributed by atoms with E-state index in [0.29, 0.717) is 18.7 Å². The van der Waals surface area contributed by atoms with Crippen molar-refractivity contribution in [2.24, 2.45) is 0 Å². The van der Waals surface area contributed by atoms with Gasteiger partial charge in [0.1, 0.15) is 0 Å². The zero-order valence-corrected chi connectivity index (χ0v) is 6.27. The van der Waals surface area contributed by atoms with E-state index in [0.717, 1.165) is 0 Å². The van der Waals surface area contributed by atoms with Crippen LogP contribution in [0.4, 0.5) is 0 Å². The van der Waals surface area contributed by atoms with Crippen LogP contribution in [0.2, 0.25) is 0 Å². The third kappa shape index (κ3) is 1.88. The average Bonchev–Trinajstić information content (AvgIpc) is 2.34. The number of aromatic nitrogens is 2. The van der Waals surface area contributed by atoms with E-state index in [9.17, 15) is 4.79 Å². The second-order valence-corrected chi connectivity index (χ2v) is 2.40. The Balaban J connectivity index is 2.76. The molecule has 1 heterocycles. The molecule has 0 aromatic carbocycles. The van der Waals surface area contributed by atoms with Crippen LogP contribution in [0.1, 0.15) is 17.5 Å². The summed E-state index contributed by atoms with van der Waals surface area (Å²) in [5, 5.41) is 8.98. The molecule has 1 aromatic rings. The zero-order chi connectivity index (χ0) is 8.27. The summed E-state index contributed by atoms with van der Waals surface area (Å²) < 4.78 is 1.61. The van der Waals surface area contributed by atoms with Gasteiger partial charge in [0.2, 0.25) is 0 Å². The molecule has 4 heteroatoms. The maximum absolute atomic E-state index is 10.3. The van der Waals surface area contributed by atoms with Crippen molar-refractivity contribution in [1.29, 1.82) is 0 Å². The van der Waals surface area contributed by atoms with Crippen LogP contribution < -0.4 is 0 Å². The van der Waals surface area contributed by atoms with Gasteiger partial charge in [-0.2, -0.15) is 0 Å². The molecule has 4 nitrogen and oxygen atoms in total. The van der Waals surface area contributed by atoms with Gasteiger partial charge in [-0.15, -0.1) is 0 Å². The molecule has 0 aliphatic rings. The Hall–Kier alpha value is -1.16. The van der Waals surface area contributed by atoms with E-state index in [-0.39, 0.29) is 0 Å². The largest absolute Gasteiger partial charge is 0.392 e. The van der Waals surface area contributed by atoms with Crippen molar-refractivity contribution in [3.63, 3.8) is 0 Å². The first kappa shape index (κ1) is 7.94. The third-order valence-corrected chi connectivity index (χ3v) is 1.31. The Morgan fingerprint density at radius 3 is 3.18 bits per heavy atom. The van der Waals surface area contributed by atoms with E-state index in [1.807, 2.05) is 0 Å². The highest BCUT2D eigenvalue weighted by Crippen LogP contribution is 1.96. The van der Waals surface area contributed by atoms with Crippen molar-refractivity contribution in [3.05, 3.63) is 18.2 Å². The van der Waals surface area contributed by atoms with Crippen molar-refractivity contribution in [1.82, 2.24) is 9.55 Å². The van der Waals surface area contributed by atoms with Gasteiger partial charge in [-0.1, -0.05) is 0 Å². The zero-order valence-electron chi connectivity index (χ0n) is 6.27. The summed E-state index contributed by atoms with van der Waals surface area (Å²) in [6.07, 6.45) is 3.41. The van der Waals surface area contributed by atoms with Gasteiger partial charge in [-0.05, 0) is 6.92 Å². The van der Waals surface area contributed by atoms with E-state index in [1.165, 1.54) is 6.20 Å². The van der Waals surface area contributed by atoms with Gasteiger partial charge in [0.15, 0.2) is 12.1 Å². The summed E-state index contributed by atoms with van der Waals surface area (Å²) in [5.74, 6) is 0.353. The topological polar surface area (TPSA) is 55.1 Å². The van der Waals surface area contributed by atoms with Crippen molar-refractivity contribution >= 4 is 6.29 Å².